The molecule has 0 bridgehead atoms. The van der Waals surface area contributed by atoms with Crippen molar-refractivity contribution >= 4 is 45.6 Å². The van der Waals surface area contributed by atoms with E-state index in [2.05, 4.69) is 30.6 Å². The zero-order chi connectivity index (χ0) is 19.5. The number of hydrogen-bond donors (Lipinski definition) is 2. The number of rotatable bonds is 5. The molecule has 0 spiro atoms. The lowest BCUT2D eigenvalue weighted by Crippen LogP contribution is -2.42. The number of furan rings is 1. The molecule has 0 saturated carbocycles. The summed E-state index contributed by atoms with van der Waals surface area (Å²) in [5.41, 5.74) is 7.11. The van der Waals surface area contributed by atoms with Crippen molar-refractivity contribution in [3.63, 3.8) is 0 Å². The first-order chi connectivity index (χ1) is 13.7. The Bertz CT molecular complexity index is 1160. The predicted molar refractivity (Wildman–Crippen MR) is 104 cm³/mol. The van der Waals surface area contributed by atoms with E-state index < -0.39 is 11.8 Å². The van der Waals surface area contributed by atoms with E-state index in [0.717, 1.165) is 40.4 Å². The largest absolute Gasteiger partial charge is 0.459 e. The highest BCUT2D eigenvalue weighted by molar-refractivity contribution is 7.99. The van der Waals surface area contributed by atoms with Crippen LogP contribution in [0.25, 0.3) is 22.1 Å². The molecule has 28 heavy (non-hydrogen) atoms. The summed E-state index contributed by atoms with van der Waals surface area (Å²) in [6.07, 6.45) is 1.38. The van der Waals surface area contributed by atoms with Crippen molar-refractivity contribution in [2.24, 2.45) is 0 Å². The van der Waals surface area contributed by atoms with Gasteiger partial charge in [-0.15, -0.1) is 10.2 Å². The standard InChI is InChI=1S/C18H16N6O3S/c1-2-24-12-7-4-3-6-11(12)15-16(24)19-18(23-21-15)28-10-14(25)20-22-17(26)13-8-5-9-27-13/h3-9H,2,10H2,1H3,(H,20,25)(H,22,26). The molecule has 0 atom stereocenters. The summed E-state index contributed by atoms with van der Waals surface area (Å²) in [5.74, 6) is -0.795. The molecule has 9 nitrogen and oxygen atoms in total. The minimum Gasteiger partial charge on any atom is -0.459 e. The van der Waals surface area contributed by atoms with Crippen molar-refractivity contribution in [1.29, 1.82) is 0 Å². The SMILES string of the molecule is CCn1c2ccccc2c2nnc(SCC(=O)NNC(=O)c3ccco3)nc21. The molecule has 142 valence electrons. The van der Waals surface area contributed by atoms with Gasteiger partial charge in [-0.25, -0.2) is 4.98 Å². The molecular formula is C18H16N6O3S. The van der Waals surface area contributed by atoms with Gasteiger partial charge in [0.25, 0.3) is 0 Å². The van der Waals surface area contributed by atoms with Crippen LogP contribution in [-0.4, -0.2) is 37.3 Å². The fourth-order valence-electron chi connectivity index (χ4n) is 2.83. The van der Waals surface area contributed by atoms with E-state index in [-0.39, 0.29) is 11.5 Å². The summed E-state index contributed by atoms with van der Waals surface area (Å²) < 4.78 is 7.01. The van der Waals surface area contributed by atoms with Crippen molar-refractivity contribution in [3.8, 4) is 0 Å². The number of carbonyl (C=O) groups is 2. The minimum absolute atomic E-state index is 0.0258. The number of hydrazine groups is 1. The Labute approximate surface area is 163 Å². The number of benzene rings is 1. The number of nitrogens with zero attached hydrogens (tertiary/aromatic N) is 4. The van der Waals surface area contributed by atoms with Crippen molar-refractivity contribution in [2.45, 2.75) is 18.6 Å². The van der Waals surface area contributed by atoms with Crippen LogP contribution in [0, 0.1) is 0 Å². The second kappa shape index (κ2) is 7.69. The highest BCUT2D eigenvalue weighted by Crippen LogP contribution is 2.26. The molecule has 0 fully saturated rings. The van der Waals surface area contributed by atoms with Gasteiger partial charge in [0.1, 0.15) is 5.52 Å². The monoisotopic (exact) mass is 396 g/mol. The average molecular weight is 396 g/mol. The first-order valence-corrected chi connectivity index (χ1v) is 9.53. The number of aromatic nitrogens is 4. The second-order valence-electron chi connectivity index (χ2n) is 5.80. The molecule has 4 aromatic rings. The molecule has 0 aliphatic rings. The Hall–Kier alpha value is -3.40. The van der Waals surface area contributed by atoms with Gasteiger partial charge in [0, 0.05) is 11.9 Å². The van der Waals surface area contributed by atoms with Gasteiger partial charge in [-0.3, -0.25) is 20.4 Å². The van der Waals surface area contributed by atoms with Gasteiger partial charge in [-0.05, 0) is 25.1 Å². The number of thioether (sulfide) groups is 1. The number of carbonyl (C=O) groups excluding carboxylic acids is 2. The van der Waals surface area contributed by atoms with Gasteiger partial charge in [0.05, 0.1) is 17.5 Å². The minimum atomic E-state index is -0.532. The maximum atomic E-state index is 12.0. The van der Waals surface area contributed by atoms with Crippen molar-refractivity contribution < 1.29 is 14.0 Å². The van der Waals surface area contributed by atoms with Crippen molar-refractivity contribution in [2.75, 3.05) is 5.75 Å². The molecule has 2 N–H and O–H groups in total. The maximum absolute atomic E-state index is 12.0. The van der Waals surface area contributed by atoms with Gasteiger partial charge in [0.15, 0.2) is 11.4 Å². The maximum Gasteiger partial charge on any atom is 0.305 e. The Morgan fingerprint density at radius 2 is 2.00 bits per heavy atom. The van der Waals surface area contributed by atoms with Gasteiger partial charge in [-0.2, -0.15) is 0 Å². The molecule has 0 aliphatic heterocycles. The smallest absolute Gasteiger partial charge is 0.305 e. The number of amides is 2. The third-order valence-corrected chi connectivity index (χ3v) is 4.90. The molecule has 3 heterocycles. The Balaban J connectivity index is 1.44. The molecule has 0 saturated heterocycles. The van der Waals surface area contributed by atoms with Crippen LogP contribution in [0.1, 0.15) is 17.5 Å². The summed E-state index contributed by atoms with van der Waals surface area (Å²) in [5, 5.41) is 9.80. The summed E-state index contributed by atoms with van der Waals surface area (Å²) in [7, 11) is 0. The van der Waals surface area contributed by atoms with Crippen LogP contribution in [0.3, 0.4) is 0 Å². The first-order valence-electron chi connectivity index (χ1n) is 8.54. The lowest BCUT2D eigenvalue weighted by atomic mass is 10.2. The summed E-state index contributed by atoms with van der Waals surface area (Å²) in [6.45, 7) is 2.78. The quantitative estimate of drug-likeness (QED) is 0.392. The third kappa shape index (κ3) is 3.41. The normalized spacial score (nSPS) is 11.0. The zero-order valence-corrected chi connectivity index (χ0v) is 15.7. The summed E-state index contributed by atoms with van der Waals surface area (Å²) >= 11 is 1.14. The van der Waals surface area contributed by atoms with Crippen LogP contribution in [0.5, 0.6) is 0 Å². The summed E-state index contributed by atoms with van der Waals surface area (Å²) in [6, 6.07) is 11.0. The molecule has 10 heteroatoms. The molecule has 0 radical (unpaired) electrons. The van der Waals surface area contributed by atoms with E-state index in [1.165, 1.54) is 12.3 Å². The second-order valence-corrected chi connectivity index (χ2v) is 6.74. The number of para-hydroxylation sites is 1. The van der Waals surface area contributed by atoms with Crippen LogP contribution < -0.4 is 10.9 Å². The highest BCUT2D eigenvalue weighted by Gasteiger charge is 2.15. The Morgan fingerprint density at radius 1 is 1.14 bits per heavy atom. The lowest BCUT2D eigenvalue weighted by Gasteiger charge is -2.05. The third-order valence-electron chi connectivity index (χ3n) is 4.06. The van der Waals surface area contributed by atoms with Gasteiger partial charge in [-0.1, -0.05) is 30.0 Å². The van der Waals surface area contributed by atoms with Crippen molar-refractivity contribution in [3.05, 3.63) is 48.4 Å². The van der Waals surface area contributed by atoms with E-state index >= 15 is 0 Å². The van der Waals surface area contributed by atoms with E-state index in [0.29, 0.717) is 5.16 Å². The van der Waals surface area contributed by atoms with Gasteiger partial charge >= 0.3 is 5.91 Å². The highest BCUT2D eigenvalue weighted by atomic mass is 32.2. The fourth-order valence-corrected chi connectivity index (χ4v) is 3.41. The van der Waals surface area contributed by atoms with E-state index in [9.17, 15) is 9.59 Å². The summed E-state index contributed by atoms with van der Waals surface area (Å²) in [4.78, 5) is 28.2. The molecule has 3 aromatic heterocycles. The lowest BCUT2D eigenvalue weighted by molar-refractivity contribution is -0.119. The number of nitrogens with one attached hydrogen (secondary N) is 2. The molecule has 1 aromatic carbocycles. The van der Waals surface area contributed by atoms with Gasteiger partial charge < -0.3 is 8.98 Å². The first kappa shape index (κ1) is 18.0. The van der Waals surface area contributed by atoms with Gasteiger partial charge in [0.2, 0.25) is 11.1 Å². The Kier molecular flexibility index (Phi) is 4.94. The molecular weight excluding hydrogens is 380 g/mol. The van der Waals surface area contributed by atoms with Crippen LogP contribution in [0.15, 0.2) is 52.2 Å². The Morgan fingerprint density at radius 3 is 2.79 bits per heavy atom. The van der Waals surface area contributed by atoms with Crippen molar-refractivity contribution in [1.82, 2.24) is 30.6 Å². The van der Waals surface area contributed by atoms with Crippen LogP contribution >= 0.6 is 11.8 Å². The van der Waals surface area contributed by atoms with E-state index in [4.69, 9.17) is 4.42 Å². The van der Waals surface area contributed by atoms with Crippen LogP contribution in [0.2, 0.25) is 0 Å². The van der Waals surface area contributed by atoms with E-state index in [1.54, 1.807) is 6.07 Å². The van der Waals surface area contributed by atoms with E-state index in [1.807, 2.05) is 31.2 Å². The molecule has 0 unspecified atom stereocenters. The topological polar surface area (TPSA) is 115 Å². The van der Waals surface area contributed by atoms with Crippen LogP contribution in [-0.2, 0) is 11.3 Å². The number of fused-ring (bicyclic) bond motifs is 3. The predicted octanol–water partition coefficient (Wildman–Crippen LogP) is 2.15. The molecule has 0 aliphatic carbocycles. The molecule has 4 rings (SSSR count). The molecule has 2 amide bonds. The number of hydrogen-bond acceptors (Lipinski definition) is 7. The zero-order valence-electron chi connectivity index (χ0n) is 14.9. The van der Waals surface area contributed by atoms with Crippen LogP contribution in [0.4, 0.5) is 0 Å². The average Bonchev–Trinajstić information content (AvgIpc) is 3.36. The fraction of sp³-hybridized carbons (Fsp3) is 0.167. The number of aryl methyl sites for hydroxylation is 1.